The summed E-state index contributed by atoms with van der Waals surface area (Å²) in [6.45, 7) is 0. The molecule has 0 saturated heterocycles. The molecule has 2 aromatic rings. The molecule has 0 saturated carbocycles. The number of anilines is 1. The van der Waals surface area contributed by atoms with Crippen molar-refractivity contribution in [2.45, 2.75) is 6.42 Å². The van der Waals surface area contributed by atoms with Crippen LogP contribution in [0, 0.1) is 5.82 Å². The SMILES string of the molecule is CN(C)c1ccc(-c2ccc(F)cc2CC(=O)O)cc1. The van der Waals surface area contributed by atoms with Gasteiger partial charge in [-0.25, -0.2) is 4.39 Å². The molecular formula is C16H16FNO2. The lowest BCUT2D eigenvalue weighted by molar-refractivity contribution is -0.136. The van der Waals surface area contributed by atoms with E-state index in [1.807, 2.05) is 43.3 Å². The number of rotatable bonds is 4. The maximum absolute atomic E-state index is 13.3. The highest BCUT2D eigenvalue weighted by Crippen LogP contribution is 2.27. The van der Waals surface area contributed by atoms with Crippen molar-refractivity contribution >= 4 is 11.7 Å². The summed E-state index contributed by atoms with van der Waals surface area (Å²) in [7, 11) is 3.89. The molecule has 4 heteroatoms. The largest absolute Gasteiger partial charge is 0.481 e. The first-order valence-electron chi connectivity index (χ1n) is 6.25. The lowest BCUT2D eigenvalue weighted by Gasteiger charge is -2.14. The Hall–Kier alpha value is -2.36. The van der Waals surface area contributed by atoms with Crippen LogP contribution in [0.2, 0.25) is 0 Å². The van der Waals surface area contributed by atoms with Crippen molar-refractivity contribution in [1.82, 2.24) is 0 Å². The van der Waals surface area contributed by atoms with Gasteiger partial charge in [0, 0.05) is 19.8 Å². The molecule has 20 heavy (non-hydrogen) atoms. The van der Waals surface area contributed by atoms with Gasteiger partial charge in [-0.1, -0.05) is 18.2 Å². The minimum atomic E-state index is -0.971. The molecule has 0 aliphatic heterocycles. The predicted molar refractivity (Wildman–Crippen MR) is 77.5 cm³/mol. The highest BCUT2D eigenvalue weighted by Gasteiger charge is 2.10. The number of hydrogen-bond donors (Lipinski definition) is 1. The predicted octanol–water partition coefficient (Wildman–Crippen LogP) is 3.19. The summed E-state index contributed by atoms with van der Waals surface area (Å²) in [6.07, 6.45) is -0.192. The number of benzene rings is 2. The van der Waals surface area contributed by atoms with Crippen LogP contribution in [-0.4, -0.2) is 25.2 Å². The van der Waals surface area contributed by atoms with E-state index in [4.69, 9.17) is 5.11 Å². The minimum Gasteiger partial charge on any atom is -0.481 e. The molecule has 2 rings (SSSR count). The third-order valence-electron chi connectivity index (χ3n) is 3.10. The van der Waals surface area contributed by atoms with Crippen LogP contribution >= 0.6 is 0 Å². The number of carboxylic acid groups (broad SMARTS) is 1. The van der Waals surface area contributed by atoms with Gasteiger partial charge in [-0.05, 0) is 41.0 Å². The molecule has 0 radical (unpaired) electrons. The average Bonchev–Trinajstić information content (AvgIpc) is 2.38. The van der Waals surface area contributed by atoms with Gasteiger partial charge >= 0.3 is 5.97 Å². The fourth-order valence-corrected chi connectivity index (χ4v) is 2.09. The van der Waals surface area contributed by atoms with Gasteiger partial charge in [-0.15, -0.1) is 0 Å². The van der Waals surface area contributed by atoms with Gasteiger partial charge in [-0.3, -0.25) is 4.79 Å². The van der Waals surface area contributed by atoms with Crippen molar-refractivity contribution in [2.24, 2.45) is 0 Å². The molecule has 0 bridgehead atoms. The lowest BCUT2D eigenvalue weighted by Crippen LogP contribution is -2.08. The van der Waals surface area contributed by atoms with Gasteiger partial charge in [0.2, 0.25) is 0 Å². The van der Waals surface area contributed by atoms with E-state index >= 15 is 0 Å². The summed E-state index contributed by atoms with van der Waals surface area (Å²) in [6, 6.07) is 12.0. The summed E-state index contributed by atoms with van der Waals surface area (Å²) in [5, 5.41) is 8.92. The summed E-state index contributed by atoms with van der Waals surface area (Å²) >= 11 is 0. The second kappa shape index (κ2) is 5.74. The molecule has 0 aromatic heterocycles. The van der Waals surface area contributed by atoms with Crippen LogP contribution in [0.3, 0.4) is 0 Å². The van der Waals surface area contributed by atoms with Gasteiger partial charge < -0.3 is 10.0 Å². The van der Waals surface area contributed by atoms with Crippen LogP contribution in [0.1, 0.15) is 5.56 Å². The van der Waals surface area contributed by atoms with E-state index in [2.05, 4.69) is 0 Å². The van der Waals surface area contributed by atoms with Crippen molar-refractivity contribution < 1.29 is 14.3 Å². The molecule has 0 unspecified atom stereocenters. The van der Waals surface area contributed by atoms with E-state index in [1.54, 1.807) is 6.07 Å². The normalized spacial score (nSPS) is 10.3. The Bertz CT molecular complexity index is 621. The van der Waals surface area contributed by atoms with Crippen molar-refractivity contribution in [3.8, 4) is 11.1 Å². The first-order chi connectivity index (χ1) is 9.47. The molecule has 0 heterocycles. The Morgan fingerprint density at radius 3 is 2.35 bits per heavy atom. The summed E-state index contributed by atoms with van der Waals surface area (Å²) in [5.41, 5.74) is 3.16. The van der Waals surface area contributed by atoms with Crippen LogP contribution in [0.25, 0.3) is 11.1 Å². The zero-order chi connectivity index (χ0) is 14.7. The third-order valence-corrected chi connectivity index (χ3v) is 3.10. The van der Waals surface area contributed by atoms with E-state index in [0.717, 1.165) is 16.8 Å². The van der Waals surface area contributed by atoms with Gasteiger partial charge in [0.25, 0.3) is 0 Å². The van der Waals surface area contributed by atoms with E-state index in [9.17, 15) is 9.18 Å². The summed E-state index contributed by atoms with van der Waals surface area (Å²) in [5.74, 6) is -1.39. The van der Waals surface area contributed by atoms with Gasteiger partial charge in [0.15, 0.2) is 0 Å². The first kappa shape index (κ1) is 14.1. The van der Waals surface area contributed by atoms with E-state index in [1.165, 1.54) is 12.1 Å². The van der Waals surface area contributed by atoms with Crippen LogP contribution in [-0.2, 0) is 11.2 Å². The smallest absolute Gasteiger partial charge is 0.307 e. The lowest BCUT2D eigenvalue weighted by atomic mass is 9.97. The zero-order valence-electron chi connectivity index (χ0n) is 11.4. The maximum Gasteiger partial charge on any atom is 0.307 e. The molecule has 2 aromatic carbocycles. The molecule has 0 aliphatic carbocycles. The molecule has 0 spiro atoms. The molecular weight excluding hydrogens is 257 g/mol. The Labute approximate surface area is 117 Å². The molecule has 3 nitrogen and oxygen atoms in total. The number of carbonyl (C=O) groups is 1. The highest BCUT2D eigenvalue weighted by molar-refractivity contribution is 5.77. The fourth-order valence-electron chi connectivity index (χ4n) is 2.09. The minimum absolute atomic E-state index is 0.192. The monoisotopic (exact) mass is 273 g/mol. The zero-order valence-corrected chi connectivity index (χ0v) is 11.4. The highest BCUT2D eigenvalue weighted by atomic mass is 19.1. The summed E-state index contributed by atoms with van der Waals surface area (Å²) in [4.78, 5) is 12.9. The number of carboxylic acids is 1. The quantitative estimate of drug-likeness (QED) is 0.930. The van der Waals surface area contributed by atoms with Crippen molar-refractivity contribution in [3.63, 3.8) is 0 Å². The van der Waals surface area contributed by atoms with Crippen molar-refractivity contribution in [3.05, 3.63) is 53.8 Å². The van der Waals surface area contributed by atoms with E-state index in [0.29, 0.717) is 5.56 Å². The molecule has 0 fully saturated rings. The van der Waals surface area contributed by atoms with E-state index in [-0.39, 0.29) is 6.42 Å². The molecule has 1 N–H and O–H groups in total. The van der Waals surface area contributed by atoms with Gasteiger partial charge in [0.05, 0.1) is 6.42 Å². The number of aliphatic carboxylic acids is 1. The molecule has 104 valence electrons. The van der Waals surface area contributed by atoms with E-state index < -0.39 is 11.8 Å². The van der Waals surface area contributed by atoms with Gasteiger partial charge in [-0.2, -0.15) is 0 Å². The van der Waals surface area contributed by atoms with Crippen molar-refractivity contribution in [1.29, 1.82) is 0 Å². The standard InChI is InChI=1S/C16H16FNO2/c1-18(2)14-6-3-11(4-7-14)15-8-5-13(17)9-12(15)10-16(19)20/h3-9H,10H2,1-2H3,(H,19,20). The third kappa shape index (κ3) is 3.15. The summed E-state index contributed by atoms with van der Waals surface area (Å²) < 4.78 is 13.3. The van der Waals surface area contributed by atoms with Crippen molar-refractivity contribution in [2.75, 3.05) is 19.0 Å². The van der Waals surface area contributed by atoms with Gasteiger partial charge in [0.1, 0.15) is 5.82 Å². The number of nitrogens with zero attached hydrogens (tertiary/aromatic N) is 1. The Balaban J connectivity index is 2.43. The number of hydrogen-bond acceptors (Lipinski definition) is 2. The number of halogens is 1. The Morgan fingerprint density at radius 2 is 1.80 bits per heavy atom. The fraction of sp³-hybridized carbons (Fsp3) is 0.188. The molecule has 0 amide bonds. The second-order valence-electron chi connectivity index (χ2n) is 4.81. The first-order valence-corrected chi connectivity index (χ1v) is 6.25. The Morgan fingerprint density at radius 1 is 1.15 bits per heavy atom. The average molecular weight is 273 g/mol. The molecule has 0 atom stereocenters. The van der Waals surface area contributed by atoms with Crippen LogP contribution in [0.15, 0.2) is 42.5 Å². The van der Waals surface area contributed by atoms with Crippen LogP contribution in [0.4, 0.5) is 10.1 Å². The second-order valence-corrected chi connectivity index (χ2v) is 4.81. The Kier molecular flexibility index (Phi) is 4.03. The topological polar surface area (TPSA) is 40.5 Å². The van der Waals surface area contributed by atoms with Crippen LogP contribution < -0.4 is 4.90 Å². The molecule has 0 aliphatic rings. The maximum atomic E-state index is 13.3. The van der Waals surface area contributed by atoms with Crippen LogP contribution in [0.5, 0.6) is 0 Å².